The molecular formula is C14H13ClN4O3. The molecule has 0 bridgehead atoms. The molecule has 0 atom stereocenters. The van der Waals surface area contributed by atoms with Crippen LogP contribution in [0.5, 0.6) is 0 Å². The van der Waals surface area contributed by atoms with E-state index in [0.29, 0.717) is 17.1 Å². The van der Waals surface area contributed by atoms with Crippen molar-refractivity contribution in [3.8, 4) is 0 Å². The van der Waals surface area contributed by atoms with Crippen molar-refractivity contribution in [2.45, 2.75) is 0 Å². The number of carbonyl (C=O) groups is 1. The zero-order valence-corrected chi connectivity index (χ0v) is 12.2. The third-order valence-corrected chi connectivity index (χ3v) is 3.13. The predicted octanol–water partition coefficient (Wildman–Crippen LogP) is 2.49. The van der Waals surface area contributed by atoms with Gasteiger partial charge in [-0.3, -0.25) is 14.9 Å². The minimum Gasteiger partial charge on any atom is -0.363 e. The summed E-state index contributed by atoms with van der Waals surface area (Å²) >= 11 is 5.92. The highest BCUT2D eigenvalue weighted by molar-refractivity contribution is 6.33. The minimum absolute atomic E-state index is 0.111. The number of rotatable bonds is 6. The summed E-state index contributed by atoms with van der Waals surface area (Å²) in [6, 6.07) is 9.55. The molecule has 0 aliphatic carbocycles. The van der Waals surface area contributed by atoms with Gasteiger partial charge in [0, 0.05) is 25.4 Å². The highest BCUT2D eigenvalue weighted by Gasteiger charge is 2.13. The van der Waals surface area contributed by atoms with E-state index < -0.39 is 4.92 Å². The molecule has 2 aromatic rings. The first kappa shape index (κ1) is 15.7. The van der Waals surface area contributed by atoms with Gasteiger partial charge in [0.15, 0.2) is 0 Å². The molecule has 2 rings (SSSR count). The van der Waals surface area contributed by atoms with E-state index in [-0.39, 0.29) is 24.0 Å². The molecule has 22 heavy (non-hydrogen) atoms. The summed E-state index contributed by atoms with van der Waals surface area (Å²) in [5.41, 5.74) is 0.271. The minimum atomic E-state index is -0.516. The van der Waals surface area contributed by atoms with Gasteiger partial charge >= 0.3 is 5.69 Å². The standard InChI is InChI=1S/C14H13ClN4O3/c15-11-5-2-1-4-10(11)14(20)18-9-8-17-13-12(19(21)22)6-3-7-16-13/h1-7H,8-9H2,(H,16,17)(H,18,20). The lowest BCUT2D eigenvalue weighted by Gasteiger charge is -2.08. The van der Waals surface area contributed by atoms with E-state index in [0.717, 1.165) is 0 Å². The van der Waals surface area contributed by atoms with Crippen LogP contribution in [-0.4, -0.2) is 28.9 Å². The second kappa shape index (κ2) is 7.37. The lowest BCUT2D eigenvalue weighted by atomic mass is 10.2. The Labute approximate surface area is 131 Å². The molecule has 7 nitrogen and oxygen atoms in total. The molecular weight excluding hydrogens is 308 g/mol. The van der Waals surface area contributed by atoms with Crippen molar-refractivity contribution in [2.75, 3.05) is 18.4 Å². The van der Waals surface area contributed by atoms with Crippen LogP contribution >= 0.6 is 11.6 Å². The molecule has 0 saturated carbocycles. The van der Waals surface area contributed by atoms with Crippen molar-refractivity contribution >= 4 is 29.0 Å². The lowest BCUT2D eigenvalue weighted by molar-refractivity contribution is -0.384. The van der Waals surface area contributed by atoms with Gasteiger partial charge in [-0.25, -0.2) is 4.98 Å². The van der Waals surface area contributed by atoms with E-state index in [1.807, 2.05) is 0 Å². The Kier molecular flexibility index (Phi) is 5.26. The van der Waals surface area contributed by atoms with Crippen LogP contribution in [0.15, 0.2) is 42.6 Å². The van der Waals surface area contributed by atoms with Gasteiger partial charge in [0.2, 0.25) is 5.82 Å². The van der Waals surface area contributed by atoms with E-state index in [1.54, 1.807) is 24.3 Å². The number of halogens is 1. The molecule has 0 aliphatic heterocycles. The Hall–Kier alpha value is -2.67. The fraction of sp³-hybridized carbons (Fsp3) is 0.143. The van der Waals surface area contributed by atoms with Crippen LogP contribution < -0.4 is 10.6 Å². The van der Waals surface area contributed by atoms with Crippen molar-refractivity contribution in [2.24, 2.45) is 0 Å². The molecule has 0 spiro atoms. The van der Waals surface area contributed by atoms with Gasteiger partial charge in [-0.2, -0.15) is 0 Å². The fourth-order valence-electron chi connectivity index (χ4n) is 1.78. The summed E-state index contributed by atoms with van der Waals surface area (Å²) in [7, 11) is 0. The van der Waals surface area contributed by atoms with Crippen LogP contribution in [0, 0.1) is 10.1 Å². The molecule has 1 aromatic heterocycles. The van der Waals surface area contributed by atoms with Crippen LogP contribution in [0.3, 0.4) is 0 Å². The normalized spacial score (nSPS) is 10.0. The van der Waals surface area contributed by atoms with Crippen molar-refractivity contribution in [1.82, 2.24) is 10.3 Å². The van der Waals surface area contributed by atoms with E-state index >= 15 is 0 Å². The Morgan fingerprint density at radius 3 is 2.73 bits per heavy atom. The van der Waals surface area contributed by atoms with Gasteiger partial charge in [0.1, 0.15) is 0 Å². The average molecular weight is 321 g/mol. The van der Waals surface area contributed by atoms with Crippen molar-refractivity contribution in [3.63, 3.8) is 0 Å². The van der Waals surface area contributed by atoms with Gasteiger partial charge in [-0.1, -0.05) is 23.7 Å². The molecule has 8 heteroatoms. The topological polar surface area (TPSA) is 97.2 Å². The molecule has 0 radical (unpaired) electrons. The zero-order valence-electron chi connectivity index (χ0n) is 11.5. The monoisotopic (exact) mass is 320 g/mol. The number of carbonyl (C=O) groups excluding carboxylic acids is 1. The first-order valence-electron chi connectivity index (χ1n) is 6.45. The van der Waals surface area contributed by atoms with Gasteiger partial charge in [0.25, 0.3) is 5.91 Å². The summed E-state index contributed by atoms with van der Waals surface area (Å²) in [5.74, 6) is -0.137. The molecule has 0 fully saturated rings. The van der Waals surface area contributed by atoms with Crippen LogP contribution in [0.2, 0.25) is 5.02 Å². The molecule has 1 aromatic carbocycles. The maximum Gasteiger partial charge on any atom is 0.311 e. The highest BCUT2D eigenvalue weighted by Crippen LogP contribution is 2.19. The van der Waals surface area contributed by atoms with E-state index in [4.69, 9.17) is 11.6 Å². The number of nitrogens with one attached hydrogen (secondary N) is 2. The number of hydrogen-bond acceptors (Lipinski definition) is 5. The fourth-order valence-corrected chi connectivity index (χ4v) is 2.00. The molecule has 1 amide bonds. The quantitative estimate of drug-likeness (QED) is 0.484. The lowest BCUT2D eigenvalue weighted by Crippen LogP contribution is -2.29. The third-order valence-electron chi connectivity index (χ3n) is 2.80. The molecule has 0 saturated heterocycles. The van der Waals surface area contributed by atoms with Gasteiger partial charge in [-0.15, -0.1) is 0 Å². The summed E-state index contributed by atoms with van der Waals surface area (Å²) in [6.07, 6.45) is 1.46. The average Bonchev–Trinajstić information content (AvgIpc) is 2.52. The first-order chi connectivity index (χ1) is 10.6. The number of benzene rings is 1. The number of nitrogens with zero attached hydrogens (tertiary/aromatic N) is 2. The summed E-state index contributed by atoms with van der Waals surface area (Å²) < 4.78 is 0. The number of pyridine rings is 1. The van der Waals surface area contributed by atoms with Crippen molar-refractivity contribution in [1.29, 1.82) is 0 Å². The van der Waals surface area contributed by atoms with Gasteiger partial charge < -0.3 is 10.6 Å². The van der Waals surface area contributed by atoms with Crippen LogP contribution in [-0.2, 0) is 0 Å². The van der Waals surface area contributed by atoms with Crippen molar-refractivity contribution in [3.05, 3.63) is 63.3 Å². The smallest absolute Gasteiger partial charge is 0.311 e. The molecule has 2 N–H and O–H groups in total. The van der Waals surface area contributed by atoms with E-state index in [2.05, 4.69) is 15.6 Å². The Bertz CT molecular complexity index is 693. The largest absolute Gasteiger partial charge is 0.363 e. The zero-order chi connectivity index (χ0) is 15.9. The van der Waals surface area contributed by atoms with Gasteiger partial charge in [0.05, 0.1) is 15.5 Å². The number of hydrogen-bond donors (Lipinski definition) is 2. The third kappa shape index (κ3) is 3.92. The second-order valence-corrected chi connectivity index (χ2v) is 4.70. The van der Waals surface area contributed by atoms with Gasteiger partial charge in [-0.05, 0) is 18.2 Å². The van der Waals surface area contributed by atoms with E-state index in [9.17, 15) is 14.9 Å². The molecule has 0 aliphatic rings. The number of nitro groups is 1. The Morgan fingerprint density at radius 2 is 2.00 bits per heavy atom. The molecule has 114 valence electrons. The maximum atomic E-state index is 11.9. The van der Waals surface area contributed by atoms with Crippen LogP contribution in [0.25, 0.3) is 0 Å². The van der Waals surface area contributed by atoms with Crippen molar-refractivity contribution < 1.29 is 9.72 Å². The number of amides is 1. The number of aromatic nitrogens is 1. The summed E-state index contributed by atoms with van der Waals surface area (Å²) in [5, 5.41) is 16.7. The molecule has 0 unspecified atom stereocenters. The van der Waals surface area contributed by atoms with E-state index in [1.165, 1.54) is 18.3 Å². The summed E-state index contributed by atoms with van der Waals surface area (Å²) in [6.45, 7) is 0.575. The summed E-state index contributed by atoms with van der Waals surface area (Å²) in [4.78, 5) is 26.1. The number of anilines is 1. The van der Waals surface area contributed by atoms with Crippen LogP contribution in [0.4, 0.5) is 11.5 Å². The SMILES string of the molecule is O=C(NCCNc1ncccc1[N+](=O)[O-])c1ccccc1Cl. The second-order valence-electron chi connectivity index (χ2n) is 4.29. The molecule has 1 heterocycles. The highest BCUT2D eigenvalue weighted by atomic mass is 35.5. The first-order valence-corrected chi connectivity index (χ1v) is 6.83. The van der Waals surface area contributed by atoms with Crippen LogP contribution in [0.1, 0.15) is 10.4 Å². The predicted molar refractivity (Wildman–Crippen MR) is 83.2 cm³/mol. The Morgan fingerprint density at radius 1 is 1.23 bits per heavy atom. The maximum absolute atomic E-state index is 11.9. The Balaban J connectivity index is 1.87.